The van der Waals surface area contributed by atoms with Gasteiger partial charge in [-0.2, -0.15) is 0 Å². The van der Waals surface area contributed by atoms with Crippen molar-refractivity contribution < 1.29 is 5.11 Å². The van der Waals surface area contributed by atoms with Gasteiger partial charge in [0.1, 0.15) is 0 Å². The summed E-state index contributed by atoms with van der Waals surface area (Å²) in [4.78, 5) is 2.19. The molecule has 1 N–H and O–H groups in total. The van der Waals surface area contributed by atoms with Crippen molar-refractivity contribution in [2.45, 2.75) is 23.8 Å². The number of thioether (sulfide) groups is 2. The van der Waals surface area contributed by atoms with Crippen molar-refractivity contribution in [3.8, 4) is 0 Å². The van der Waals surface area contributed by atoms with E-state index in [-0.39, 0.29) is 0 Å². The van der Waals surface area contributed by atoms with Crippen molar-refractivity contribution in [2.75, 3.05) is 16.4 Å². The van der Waals surface area contributed by atoms with E-state index in [0.29, 0.717) is 5.37 Å². The molecule has 3 rings (SSSR count). The molecule has 1 fully saturated rings. The summed E-state index contributed by atoms with van der Waals surface area (Å²) in [6.45, 7) is 1.92. The molecule has 2 nitrogen and oxygen atoms in total. The normalized spacial score (nSPS) is 33.1. The van der Waals surface area contributed by atoms with Gasteiger partial charge < -0.3 is 10.0 Å². The largest absolute Gasteiger partial charge is 0.362 e. The number of aliphatic hydroxyl groups is 1. The first kappa shape index (κ1) is 10.8. The molecular formula is C12H15NOS2. The highest BCUT2D eigenvalue weighted by molar-refractivity contribution is 8.04. The van der Waals surface area contributed by atoms with E-state index in [1.807, 2.05) is 18.7 Å². The molecule has 1 aromatic carbocycles. The van der Waals surface area contributed by atoms with E-state index in [4.69, 9.17) is 0 Å². The average Bonchev–Trinajstić information content (AvgIpc) is 2.56. The number of hydrogen-bond donors (Lipinski definition) is 1. The molecule has 2 aliphatic heterocycles. The molecule has 16 heavy (non-hydrogen) atoms. The molecule has 4 heteroatoms. The molecule has 1 aromatic rings. The quantitative estimate of drug-likeness (QED) is 0.767. The van der Waals surface area contributed by atoms with Crippen LogP contribution in [0.5, 0.6) is 0 Å². The molecule has 0 bridgehead atoms. The van der Waals surface area contributed by atoms with E-state index >= 15 is 0 Å². The maximum absolute atomic E-state index is 10.5. The minimum atomic E-state index is -0.763. The molecule has 0 aromatic heterocycles. The van der Waals surface area contributed by atoms with Gasteiger partial charge in [0.05, 0.1) is 5.37 Å². The molecule has 2 atom stereocenters. The molecule has 0 amide bonds. The summed E-state index contributed by atoms with van der Waals surface area (Å²) in [5.74, 6) is 2.14. The summed E-state index contributed by atoms with van der Waals surface area (Å²) < 4.78 is 0. The molecular weight excluding hydrogens is 238 g/mol. The predicted molar refractivity (Wildman–Crippen MR) is 72.0 cm³/mol. The van der Waals surface area contributed by atoms with Gasteiger partial charge in [-0.1, -0.05) is 18.2 Å². The second-order valence-electron chi connectivity index (χ2n) is 4.31. The van der Waals surface area contributed by atoms with E-state index in [0.717, 1.165) is 17.9 Å². The molecule has 1 saturated heterocycles. The average molecular weight is 253 g/mol. The van der Waals surface area contributed by atoms with E-state index in [9.17, 15) is 5.11 Å². The molecule has 2 aliphatic rings. The summed E-state index contributed by atoms with van der Waals surface area (Å²) in [5.41, 5.74) is 2.57. The minimum Gasteiger partial charge on any atom is -0.362 e. The Morgan fingerprint density at radius 3 is 3.06 bits per heavy atom. The maximum Gasteiger partial charge on any atom is 0.185 e. The second-order valence-corrected chi connectivity index (χ2v) is 7.07. The Kier molecular flexibility index (Phi) is 2.61. The zero-order chi connectivity index (χ0) is 11.2. The monoisotopic (exact) mass is 253 g/mol. The lowest BCUT2D eigenvalue weighted by Gasteiger charge is -2.37. The van der Waals surface area contributed by atoms with Crippen molar-refractivity contribution in [1.82, 2.24) is 0 Å². The van der Waals surface area contributed by atoms with Crippen LogP contribution >= 0.6 is 23.5 Å². The number of nitrogens with zero attached hydrogens (tertiary/aromatic N) is 1. The lowest BCUT2D eigenvalue weighted by Crippen LogP contribution is -2.46. The molecule has 0 saturated carbocycles. The van der Waals surface area contributed by atoms with Crippen LogP contribution < -0.4 is 4.90 Å². The summed E-state index contributed by atoms with van der Waals surface area (Å²) >= 11 is 3.60. The predicted octanol–water partition coefficient (Wildman–Crippen LogP) is 2.52. The Hall–Kier alpha value is -0.320. The summed E-state index contributed by atoms with van der Waals surface area (Å²) in [7, 11) is 0. The second kappa shape index (κ2) is 3.86. The molecule has 0 spiro atoms. The van der Waals surface area contributed by atoms with Crippen molar-refractivity contribution in [3.05, 3.63) is 29.8 Å². The van der Waals surface area contributed by atoms with Gasteiger partial charge in [0, 0.05) is 23.6 Å². The van der Waals surface area contributed by atoms with Gasteiger partial charge in [0.25, 0.3) is 0 Å². The van der Waals surface area contributed by atoms with Crippen LogP contribution in [0.3, 0.4) is 0 Å². The van der Waals surface area contributed by atoms with Crippen LogP contribution in [0, 0.1) is 0 Å². The third-order valence-corrected chi connectivity index (χ3v) is 5.76. The third kappa shape index (κ3) is 1.63. The fourth-order valence-electron chi connectivity index (χ4n) is 2.47. The van der Waals surface area contributed by atoms with Crippen LogP contribution in [0.25, 0.3) is 0 Å². The summed E-state index contributed by atoms with van der Waals surface area (Å²) in [6, 6.07) is 8.43. The van der Waals surface area contributed by atoms with Gasteiger partial charge in [0.15, 0.2) is 5.06 Å². The van der Waals surface area contributed by atoms with Gasteiger partial charge in [-0.05, 0) is 18.6 Å². The number of anilines is 1. The summed E-state index contributed by atoms with van der Waals surface area (Å²) in [5, 5.41) is 10.2. The Morgan fingerprint density at radius 1 is 1.38 bits per heavy atom. The van der Waals surface area contributed by atoms with Crippen molar-refractivity contribution in [1.29, 1.82) is 0 Å². The van der Waals surface area contributed by atoms with Crippen LogP contribution in [-0.2, 0) is 6.42 Å². The Labute approximate surface area is 104 Å². The number of fused-ring (bicyclic) bond motifs is 3. The Morgan fingerprint density at radius 2 is 2.19 bits per heavy atom. The first-order valence-corrected chi connectivity index (χ1v) is 7.57. The maximum atomic E-state index is 10.5. The van der Waals surface area contributed by atoms with E-state index < -0.39 is 5.06 Å². The fraction of sp³-hybridized carbons (Fsp3) is 0.500. The molecule has 0 radical (unpaired) electrons. The van der Waals surface area contributed by atoms with Gasteiger partial charge in [0.2, 0.25) is 0 Å². The van der Waals surface area contributed by atoms with E-state index in [2.05, 4.69) is 29.2 Å². The number of para-hydroxylation sites is 1. The van der Waals surface area contributed by atoms with Crippen LogP contribution in [0.4, 0.5) is 5.69 Å². The highest BCUT2D eigenvalue weighted by Gasteiger charge is 2.42. The SMILES string of the molecule is C[C@@]1(O)SCCS[C@H]2Cc3ccccc3N21. The van der Waals surface area contributed by atoms with Crippen molar-refractivity contribution >= 4 is 29.2 Å². The number of benzene rings is 1. The molecule has 0 aliphatic carbocycles. The Bertz CT molecular complexity index is 408. The molecule has 86 valence electrons. The van der Waals surface area contributed by atoms with Gasteiger partial charge in [-0.15, -0.1) is 23.5 Å². The van der Waals surface area contributed by atoms with E-state index in [1.165, 1.54) is 11.3 Å². The number of rotatable bonds is 0. The lowest BCUT2D eigenvalue weighted by atomic mass is 10.2. The Balaban J connectivity index is 2.06. The fourth-order valence-corrected chi connectivity index (χ4v) is 5.04. The van der Waals surface area contributed by atoms with Crippen molar-refractivity contribution in [3.63, 3.8) is 0 Å². The highest BCUT2D eigenvalue weighted by atomic mass is 32.2. The van der Waals surface area contributed by atoms with Crippen LogP contribution in [0.2, 0.25) is 0 Å². The minimum absolute atomic E-state index is 0.405. The first-order valence-electron chi connectivity index (χ1n) is 5.54. The topological polar surface area (TPSA) is 23.5 Å². The van der Waals surface area contributed by atoms with Gasteiger partial charge in [-0.3, -0.25) is 0 Å². The standard InChI is InChI=1S/C12H15NOS2/c1-12(14)13-10-5-3-2-4-9(10)8-11(13)15-6-7-16-12/h2-5,11,14H,6-8H2,1H3/t11-,12+/m0/s1. The molecule has 0 unspecified atom stereocenters. The first-order chi connectivity index (χ1) is 7.68. The molecule has 2 heterocycles. The number of hydrogen-bond acceptors (Lipinski definition) is 4. The van der Waals surface area contributed by atoms with Gasteiger partial charge in [-0.25, -0.2) is 0 Å². The smallest absolute Gasteiger partial charge is 0.185 e. The van der Waals surface area contributed by atoms with Crippen LogP contribution in [0.15, 0.2) is 24.3 Å². The summed E-state index contributed by atoms with van der Waals surface area (Å²) in [6.07, 6.45) is 1.05. The zero-order valence-corrected chi connectivity index (χ0v) is 10.9. The third-order valence-electron chi connectivity index (χ3n) is 3.15. The van der Waals surface area contributed by atoms with Gasteiger partial charge >= 0.3 is 0 Å². The van der Waals surface area contributed by atoms with Crippen molar-refractivity contribution in [2.24, 2.45) is 0 Å². The van der Waals surface area contributed by atoms with Crippen LogP contribution in [0.1, 0.15) is 12.5 Å². The van der Waals surface area contributed by atoms with Crippen LogP contribution in [-0.4, -0.2) is 27.0 Å². The van der Waals surface area contributed by atoms with E-state index in [1.54, 1.807) is 11.8 Å². The lowest BCUT2D eigenvalue weighted by molar-refractivity contribution is 0.152. The highest BCUT2D eigenvalue weighted by Crippen LogP contribution is 2.46. The zero-order valence-electron chi connectivity index (χ0n) is 9.22.